The summed E-state index contributed by atoms with van der Waals surface area (Å²) in [6, 6.07) is 7.95. The molecule has 2 N–H and O–H groups in total. The van der Waals surface area contributed by atoms with E-state index in [1.165, 1.54) is 5.56 Å². The average Bonchev–Trinajstić information content (AvgIpc) is 2.36. The van der Waals surface area contributed by atoms with E-state index in [1.54, 1.807) is 0 Å². The lowest BCUT2D eigenvalue weighted by Crippen LogP contribution is -2.08. The molecule has 0 aliphatic carbocycles. The van der Waals surface area contributed by atoms with Crippen LogP contribution in [-0.4, -0.2) is 15.0 Å². The highest BCUT2D eigenvalue weighted by atomic mass is 15.0. The fourth-order valence-corrected chi connectivity index (χ4v) is 1.93. The summed E-state index contributed by atoms with van der Waals surface area (Å²) in [5.74, 6) is 2.85. The summed E-state index contributed by atoms with van der Waals surface area (Å²) >= 11 is 0. The lowest BCUT2D eigenvalue weighted by atomic mass is 10.1. The number of aromatic nitrogens is 3. The highest BCUT2D eigenvalue weighted by Crippen LogP contribution is 2.12. The van der Waals surface area contributed by atoms with E-state index in [0.29, 0.717) is 5.92 Å². The Balaban J connectivity index is 2.11. The third-order valence-electron chi connectivity index (χ3n) is 2.92. The van der Waals surface area contributed by atoms with Gasteiger partial charge in [0.05, 0.1) is 0 Å². The van der Waals surface area contributed by atoms with Crippen molar-refractivity contribution in [2.24, 2.45) is 0 Å². The minimum absolute atomic E-state index is 0.327. The summed E-state index contributed by atoms with van der Waals surface area (Å²) in [4.78, 5) is 13.3. The zero-order valence-corrected chi connectivity index (χ0v) is 11.7. The fourth-order valence-electron chi connectivity index (χ4n) is 1.93. The molecule has 4 heteroatoms. The maximum atomic E-state index is 5.77. The quantitative estimate of drug-likeness (QED) is 0.854. The van der Waals surface area contributed by atoms with Gasteiger partial charge in [0.2, 0.25) is 0 Å². The Bertz CT molecular complexity index is 564. The van der Waals surface area contributed by atoms with Crippen LogP contribution in [0.2, 0.25) is 0 Å². The van der Waals surface area contributed by atoms with Gasteiger partial charge in [-0.2, -0.15) is 0 Å². The van der Waals surface area contributed by atoms with Crippen LogP contribution in [0, 0.1) is 6.92 Å². The summed E-state index contributed by atoms with van der Waals surface area (Å²) < 4.78 is 0. The molecule has 0 saturated heterocycles. The molecule has 0 spiro atoms. The molecule has 4 nitrogen and oxygen atoms in total. The molecule has 19 heavy (non-hydrogen) atoms. The van der Waals surface area contributed by atoms with Crippen molar-refractivity contribution in [2.75, 3.05) is 5.73 Å². The first-order chi connectivity index (χ1) is 9.04. The molecule has 2 rings (SSSR count). The van der Waals surface area contributed by atoms with E-state index in [-0.39, 0.29) is 0 Å². The van der Waals surface area contributed by atoms with Gasteiger partial charge in [0.15, 0.2) is 0 Å². The molecule has 0 aliphatic rings. The highest BCUT2D eigenvalue weighted by Gasteiger charge is 2.07. The van der Waals surface area contributed by atoms with Crippen molar-refractivity contribution < 1.29 is 0 Å². The molecule has 0 unspecified atom stereocenters. The molecule has 1 aromatic carbocycles. The van der Waals surface area contributed by atoms with Crippen LogP contribution in [-0.2, 0) is 12.8 Å². The van der Waals surface area contributed by atoms with E-state index in [2.05, 4.69) is 34.9 Å². The first kappa shape index (κ1) is 13.5. The molecule has 1 aromatic heterocycles. The average molecular weight is 256 g/mol. The Morgan fingerprint density at radius 3 is 2.58 bits per heavy atom. The standard InChI is InChI=1S/C15H20N4/c1-10(2)15-18-11(3)17-14(19-15)8-7-12-5-4-6-13(16)9-12/h4-6,9-10H,7-8,16H2,1-3H3. The zero-order valence-electron chi connectivity index (χ0n) is 11.7. The second-order valence-corrected chi connectivity index (χ2v) is 5.06. The van der Waals surface area contributed by atoms with Crippen LogP contribution in [0.15, 0.2) is 24.3 Å². The molecule has 0 radical (unpaired) electrons. The molecule has 2 aromatic rings. The minimum atomic E-state index is 0.327. The van der Waals surface area contributed by atoms with Gasteiger partial charge in [-0.1, -0.05) is 26.0 Å². The summed E-state index contributed by atoms with van der Waals surface area (Å²) in [7, 11) is 0. The largest absolute Gasteiger partial charge is 0.399 e. The third kappa shape index (κ3) is 3.74. The lowest BCUT2D eigenvalue weighted by molar-refractivity contribution is 0.709. The van der Waals surface area contributed by atoms with E-state index >= 15 is 0 Å². The molecule has 100 valence electrons. The molecule has 0 aliphatic heterocycles. The van der Waals surface area contributed by atoms with Crippen molar-refractivity contribution in [3.8, 4) is 0 Å². The minimum Gasteiger partial charge on any atom is -0.399 e. The number of hydrogen-bond donors (Lipinski definition) is 1. The van der Waals surface area contributed by atoms with Gasteiger partial charge in [0, 0.05) is 18.0 Å². The number of benzene rings is 1. The van der Waals surface area contributed by atoms with Crippen LogP contribution in [0.5, 0.6) is 0 Å². The monoisotopic (exact) mass is 256 g/mol. The normalized spacial score (nSPS) is 10.9. The van der Waals surface area contributed by atoms with Crippen molar-refractivity contribution in [2.45, 2.75) is 39.5 Å². The first-order valence-electron chi connectivity index (χ1n) is 6.60. The van der Waals surface area contributed by atoms with Gasteiger partial charge in [-0.25, -0.2) is 15.0 Å². The number of nitrogens with zero attached hydrogens (tertiary/aromatic N) is 3. The Morgan fingerprint density at radius 2 is 1.89 bits per heavy atom. The van der Waals surface area contributed by atoms with E-state index in [4.69, 9.17) is 5.73 Å². The number of nitrogen functional groups attached to an aromatic ring is 1. The van der Waals surface area contributed by atoms with Crippen molar-refractivity contribution in [3.05, 3.63) is 47.3 Å². The summed E-state index contributed by atoms with van der Waals surface area (Å²) in [6.45, 7) is 6.10. The van der Waals surface area contributed by atoms with Gasteiger partial charge in [0.1, 0.15) is 17.5 Å². The summed E-state index contributed by atoms with van der Waals surface area (Å²) in [6.07, 6.45) is 1.71. The third-order valence-corrected chi connectivity index (χ3v) is 2.92. The Labute approximate surface area is 114 Å². The van der Waals surface area contributed by atoms with Gasteiger partial charge in [-0.3, -0.25) is 0 Å². The van der Waals surface area contributed by atoms with Gasteiger partial charge in [0.25, 0.3) is 0 Å². The Morgan fingerprint density at radius 1 is 1.11 bits per heavy atom. The van der Waals surface area contributed by atoms with Crippen molar-refractivity contribution in [1.29, 1.82) is 0 Å². The molecule has 0 atom stereocenters. The first-order valence-corrected chi connectivity index (χ1v) is 6.60. The molecule has 1 heterocycles. The van der Waals surface area contributed by atoms with E-state index in [0.717, 1.165) is 36.0 Å². The molecule has 0 saturated carbocycles. The number of nitrogens with two attached hydrogens (primary N) is 1. The number of aryl methyl sites for hydroxylation is 3. The fraction of sp³-hybridized carbons (Fsp3) is 0.400. The molecular formula is C15H20N4. The van der Waals surface area contributed by atoms with E-state index < -0.39 is 0 Å². The van der Waals surface area contributed by atoms with Crippen LogP contribution < -0.4 is 5.73 Å². The van der Waals surface area contributed by atoms with Crippen LogP contribution in [0.1, 0.15) is 42.8 Å². The van der Waals surface area contributed by atoms with Crippen molar-refractivity contribution >= 4 is 5.69 Å². The molecular weight excluding hydrogens is 236 g/mol. The van der Waals surface area contributed by atoms with Crippen LogP contribution in [0.25, 0.3) is 0 Å². The van der Waals surface area contributed by atoms with Crippen LogP contribution in [0.4, 0.5) is 5.69 Å². The molecule has 0 amide bonds. The van der Waals surface area contributed by atoms with Crippen molar-refractivity contribution in [1.82, 2.24) is 15.0 Å². The van der Waals surface area contributed by atoms with Crippen LogP contribution in [0.3, 0.4) is 0 Å². The van der Waals surface area contributed by atoms with Crippen molar-refractivity contribution in [3.63, 3.8) is 0 Å². The smallest absolute Gasteiger partial charge is 0.135 e. The number of hydrogen-bond acceptors (Lipinski definition) is 4. The second-order valence-electron chi connectivity index (χ2n) is 5.06. The van der Waals surface area contributed by atoms with E-state index in [1.807, 2.05) is 25.1 Å². The SMILES string of the molecule is Cc1nc(CCc2cccc(N)c2)nc(C(C)C)n1. The maximum absolute atomic E-state index is 5.77. The van der Waals surface area contributed by atoms with Gasteiger partial charge in [-0.15, -0.1) is 0 Å². The number of anilines is 1. The van der Waals surface area contributed by atoms with Gasteiger partial charge >= 0.3 is 0 Å². The molecule has 0 bridgehead atoms. The number of rotatable bonds is 4. The summed E-state index contributed by atoms with van der Waals surface area (Å²) in [5.41, 5.74) is 7.78. The second kappa shape index (κ2) is 5.78. The highest BCUT2D eigenvalue weighted by molar-refractivity contribution is 5.40. The predicted octanol–water partition coefficient (Wildman–Crippen LogP) is 2.67. The predicted molar refractivity (Wildman–Crippen MR) is 76.9 cm³/mol. The van der Waals surface area contributed by atoms with E-state index in [9.17, 15) is 0 Å². The lowest BCUT2D eigenvalue weighted by Gasteiger charge is -2.07. The zero-order chi connectivity index (χ0) is 13.8. The van der Waals surface area contributed by atoms with Gasteiger partial charge in [-0.05, 0) is 31.0 Å². The molecule has 0 fully saturated rings. The van der Waals surface area contributed by atoms with Gasteiger partial charge < -0.3 is 5.73 Å². The summed E-state index contributed by atoms with van der Waals surface area (Å²) in [5, 5.41) is 0. The van der Waals surface area contributed by atoms with Crippen LogP contribution >= 0.6 is 0 Å². The topological polar surface area (TPSA) is 64.7 Å². The Kier molecular flexibility index (Phi) is 4.10. The Hall–Kier alpha value is -1.97. The maximum Gasteiger partial charge on any atom is 0.135 e.